The van der Waals surface area contributed by atoms with Crippen molar-refractivity contribution in [1.29, 1.82) is 0 Å². The fourth-order valence-corrected chi connectivity index (χ4v) is 1.89. The van der Waals surface area contributed by atoms with Gasteiger partial charge in [-0.25, -0.2) is 0 Å². The van der Waals surface area contributed by atoms with Crippen molar-refractivity contribution < 1.29 is 0 Å². The van der Waals surface area contributed by atoms with Crippen molar-refractivity contribution in [3.8, 4) is 0 Å². The van der Waals surface area contributed by atoms with E-state index in [0.29, 0.717) is 0 Å². The van der Waals surface area contributed by atoms with Gasteiger partial charge in [0.15, 0.2) is 0 Å². The minimum Gasteiger partial charge on any atom is -0.398 e. The van der Waals surface area contributed by atoms with Crippen LogP contribution < -0.4 is 5.73 Å². The van der Waals surface area contributed by atoms with Crippen LogP contribution in [0, 0.1) is 13.8 Å². The molecule has 78 valence electrons. The summed E-state index contributed by atoms with van der Waals surface area (Å²) in [6, 6.07) is 6.22. The van der Waals surface area contributed by atoms with Gasteiger partial charge in [-0.1, -0.05) is 18.6 Å². The Morgan fingerprint density at radius 3 is 2.67 bits per heavy atom. The normalized spacial score (nSPS) is 10.9. The van der Waals surface area contributed by atoms with Crippen LogP contribution in [0.4, 0.5) is 5.69 Å². The fraction of sp³-hybridized carbons (Fsp3) is 0.308. The number of pyridine rings is 1. The highest BCUT2D eigenvalue weighted by Gasteiger charge is 2.07. The first kappa shape index (κ1) is 9.97. The molecule has 1 aromatic carbocycles. The summed E-state index contributed by atoms with van der Waals surface area (Å²) < 4.78 is 0. The van der Waals surface area contributed by atoms with Gasteiger partial charge < -0.3 is 5.73 Å². The van der Waals surface area contributed by atoms with E-state index in [0.717, 1.165) is 34.3 Å². The van der Waals surface area contributed by atoms with E-state index >= 15 is 0 Å². The van der Waals surface area contributed by atoms with Gasteiger partial charge in [0.05, 0.1) is 5.52 Å². The maximum Gasteiger partial charge on any atom is 0.0726 e. The Labute approximate surface area is 90.1 Å². The summed E-state index contributed by atoms with van der Waals surface area (Å²) in [6.45, 7) is 6.22. The van der Waals surface area contributed by atoms with E-state index in [1.165, 1.54) is 5.56 Å². The average molecular weight is 200 g/mol. The molecular weight excluding hydrogens is 184 g/mol. The third-order valence-electron chi connectivity index (χ3n) is 2.87. The summed E-state index contributed by atoms with van der Waals surface area (Å²) in [6.07, 6.45) is 0.930. The molecule has 2 aromatic rings. The molecule has 0 aliphatic carbocycles. The molecule has 1 aromatic heterocycles. The Morgan fingerprint density at radius 1 is 1.27 bits per heavy atom. The minimum absolute atomic E-state index is 0.876. The van der Waals surface area contributed by atoms with Crippen LogP contribution >= 0.6 is 0 Å². The number of aromatic nitrogens is 1. The molecule has 15 heavy (non-hydrogen) atoms. The highest BCUT2D eigenvalue weighted by Crippen LogP contribution is 2.26. The Balaban J connectivity index is 2.84. The highest BCUT2D eigenvalue weighted by molar-refractivity contribution is 5.92. The van der Waals surface area contributed by atoms with Crippen LogP contribution in [0.2, 0.25) is 0 Å². The molecule has 0 aliphatic heterocycles. The smallest absolute Gasteiger partial charge is 0.0726 e. The minimum atomic E-state index is 0.876. The fourth-order valence-electron chi connectivity index (χ4n) is 1.89. The molecule has 0 bridgehead atoms. The van der Waals surface area contributed by atoms with Crippen LogP contribution in [-0.2, 0) is 6.42 Å². The van der Waals surface area contributed by atoms with Crippen molar-refractivity contribution in [2.45, 2.75) is 27.2 Å². The first-order chi connectivity index (χ1) is 7.13. The van der Waals surface area contributed by atoms with Crippen molar-refractivity contribution in [1.82, 2.24) is 4.98 Å². The quantitative estimate of drug-likeness (QED) is 0.768. The lowest BCUT2D eigenvalue weighted by Gasteiger charge is -2.10. The Kier molecular flexibility index (Phi) is 2.35. The van der Waals surface area contributed by atoms with Crippen molar-refractivity contribution in [2.75, 3.05) is 5.73 Å². The van der Waals surface area contributed by atoms with Crippen molar-refractivity contribution in [2.24, 2.45) is 0 Å². The SMILES string of the molecule is CCc1nc2ccc(C)cc2c(N)c1C. The lowest BCUT2D eigenvalue weighted by atomic mass is 10.0. The lowest BCUT2D eigenvalue weighted by Crippen LogP contribution is -2.00. The van der Waals surface area contributed by atoms with Crippen LogP contribution in [0.3, 0.4) is 0 Å². The highest BCUT2D eigenvalue weighted by atomic mass is 14.7. The largest absolute Gasteiger partial charge is 0.398 e. The van der Waals surface area contributed by atoms with Crippen molar-refractivity contribution in [3.05, 3.63) is 35.0 Å². The molecule has 0 spiro atoms. The molecule has 0 saturated heterocycles. The van der Waals surface area contributed by atoms with Crippen LogP contribution in [0.25, 0.3) is 10.9 Å². The number of hydrogen-bond acceptors (Lipinski definition) is 2. The van der Waals surface area contributed by atoms with Gasteiger partial charge >= 0.3 is 0 Å². The summed E-state index contributed by atoms with van der Waals surface area (Å²) in [5, 5.41) is 1.07. The molecule has 2 heteroatoms. The zero-order valence-electron chi connectivity index (χ0n) is 9.46. The Morgan fingerprint density at radius 2 is 2.00 bits per heavy atom. The molecule has 0 atom stereocenters. The first-order valence-electron chi connectivity index (χ1n) is 5.28. The number of fused-ring (bicyclic) bond motifs is 1. The average Bonchev–Trinajstić information content (AvgIpc) is 2.24. The summed E-state index contributed by atoms with van der Waals surface area (Å²) in [7, 11) is 0. The molecule has 1 heterocycles. The van der Waals surface area contributed by atoms with Gasteiger partial charge in [-0.2, -0.15) is 0 Å². The summed E-state index contributed by atoms with van der Waals surface area (Å²) in [5.74, 6) is 0. The van der Waals surface area contributed by atoms with Crippen LogP contribution in [0.1, 0.15) is 23.7 Å². The number of rotatable bonds is 1. The molecule has 0 aliphatic rings. The number of nitrogens with two attached hydrogens (primary N) is 1. The van der Waals surface area contributed by atoms with Gasteiger partial charge in [-0.05, 0) is 38.0 Å². The molecule has 2 nitrogen and oxygen atoms in total. The van der Waals surface area contributed by atoms with Crippen molar-refractivity contribution in [3.63, 3.8) is 0 Å². The number of benzene rings is 1. The molecule has 2 N–H and O–H groups in total. The monoisotopic (exact) mass is 200 g/mol. The second-order valence-electron chi connectivity index (χ2n) is 3.97. The second-order valence-corrected chi connectivity index (χ2v) is 3.97. The zero-order chi connectivity index (χ0) is 11.0. The second kappa shape index (κ2) is 3.54. The third kappa shape index (κ3) is 1.56. The van der Waals surface area contributed by atoms with Crippen LogP contribution in [-0.4, -0.2) is 4.98 Å². The van der Waals surface area contributed by atoms with E-state index in [1.807, 2.05) is 13.0 Å². The maximum atomic E-state index is 6.12. The van der Waals surface area contributed by atoms with Gasteiger partial charge in [-0.3, -0.25) is 4.98 Å². The van der Waals surface area contributed by atoms with Gasteiger partial charge in [0, 0.05) is 16.8 Å². The van der Waals surface area contributed by atoms with E-state index in [9.17, 15) is 0 Å². The predicted molar refractivity (Wildman–Crippen MR) is 65.0 cm³/mol. The van der Waals surface area contributed by atoms with E-state index in [2.05, 4.69) is 31.0 Å². The third-order valence-corrected chi connectivity index (χ3v) is 2.87. The summed E-state index contributed by atoms with van der Waals surface area (Å²) in [5.41, 5.74) is 11.4. The molecule has 0 saturated carbocycles. The predicted octanol–water partition coefficient (Wildman–Crippen LogP) is 3.00. The lowest BCUT2D eigenvalue weighted by molar-refractivity contribution is 1.03. The summed E-state index contributed by atoms with van der Waals surface area (Å²) in [4.78, 5) is 4.62. The summed E-state index contributed by atoms with van der Waals surface area (Å²) >= 11 is 0. The van der Waals surface area contributed by atoms with E-state index in [4.69, 9.17) is 5.73 Å². The Hall–Kier alpha value is -1.57. The van der Waals surface area contributed by atoms with E-state index in [1.54, 1.807) is 0 Å². The topological polar surface area (TPSA) is 38.9 Å². The first-order valence-corrected chi connectivity index (χ1v) is 5.28. The zero-order valence-corrected chi connectivity index (χ0v) is 9.46. The Bertz CT molecular complexity index is 515. The molecule has 0 fully saturated rings. The maximum absolute atomic E-state index is 6.12. The molecule has 0 radical (unpaired) electrons. The number of nitrogens with zero attached hydrogens (tertiary/aromatic N) is 1. The number of anilines is 1. The van der Waals surface area contributed by atoms with Crippen LogP contribution in [0.15, 0.2) is 18.2 Å². The molecule has 0 amide bonds. The van der Waals surface area contributed by atoms with Gasteiger partial charge in [0.1, 0.15) is 0 Å². The van der Waals surface area contributed by atoms with E-state index in [-0.39, 0.29) is 0 Å². The number of hydrogen-bond donors (Lipinski definition) is 1. The molecule has 0 unspecified atom stereocenters. The van der Waals surface area contributed by atoms with Gasteiger partial charge in [0.2, 0.25) is 0 Å². The van der Waals surface area contributed by atoms with Crippen LogP contribution in [0.5, 0.6) is 0 Å². The molecule has 2 rings (SSSR count). The van der Waals surface area contributed by atoms with Gasteiger partial charge in [0.25, 0.3) is 0 Å². The van der Waals surface area contributed by atoms with Crippen molar-refractivity contribution >= 4 is 16.6 Å². The number of nitrogen functional groups attached to an aromatic ring is 1. The van der Waals surface area contributed by atoms with E-state index < -0.39 is 0 Å². The van der Waals surface area contributed by atoms with Gasteiger partial charge in [-0.15, -0.1) is 0 Å². The standard InChI is InChI=1S/C13H16N2/c1-4-11-9(3)13(14)10-7-8(2)5-6-12(10)15-11/h5-7H,4H2,1-3H3,(H2,14,15). The number of aryl methyl sites for hydroxylation is 2. The molecular formula is C13H16N2.